The molecule has 1 aromatic carbocycles. The molecule has 23 heavy (non-hydrogen) atoms. The second-order valence-electron chi connectivity index (χ2n) is 6.20. The lowest BCUT2D eigenvalue weighted by Gasteiger charge is -2.32. The summed E-state index contributed by atoms with van der Waals surface area (Å²) in [6.07, 6.45) is 1.53. The van der Waals surface area contributed by atoms with E-state index in [-0.39, 0.29) is 11.3 Å². The quantitative estimate of drug-likeness (QED) is 0.942. The van der Waals surface area contributed by atoms with Crippen molar-refractivity contribution in [3.63, 3.8) is 0 Å². The second-order valence-corrected chi connectivity index (χ2v) is 6.20. The van der Waals surface area contributed by atoms with Crippen molar-refractivity contribution in [1.82, 2.24) is 10.3 Å². The number of para-hydroxylation sites is 1. The zero-order valence-electron chi connectivity index (χ0n) is 13.6. The maximum atomic E-state index is 12.6. The van der Waals surface area contributed by atoms with E-state index in [1.54, 1.807) is 7.11 Å². The fourth-order valence-corrected chi connectivity index (χ4v) is 2.91. The summed E-state index contributed by atoms with van der Waals surface area (Å²) in [7, 11) is 1.60. The highest BCUT2D eigenvalue weighted by molar-refractivity contribution is 5.85. The van der Waals surface area contributed by atoms with Crippen LogP contribution < -0.4 is 10.1 Å². The van der Waals surface area contributed by atoms with Gasteiger partial charge in [-0.3, -0.25) is 4.79 Å². The molecule has 5 nitrogen and oxygen atoms in total. The topological polar surface area (TPSA) is 60.5 Å². The highest BCUT2D eigenvalue weighted by Gasteiger charge is 2.34. The minimum absolute atomic E-state index is 0.0839. The third-order valence-electron chi connectivity index (χ3n) is 4.57. The van der Waals surface area contributed by atoms with Crippen LogP contribution in [0.25, 0.3) is 10.9 Å². The van der Waals surface area contributed by atoms with E-state index in [0.717, 1.165) is 29.3 Å². The Morgan fingerprint density at radius 1 is 1.35 bits per heavy atom. The molecule has 2 heterocycles. The molecule has 1 amide bonds. The molecule has 0 aliphatic carbocycles. The summed E-state index contributed by atoms with van der Waals surface area (Å²) >= 11 is 0. The predicted octanol–water partition coefficient (Wildman–Crippen LogP) is 2.68. The Labute approximate surface area is 136 Å². The lowest BCUT2D eigenvalue weighted by atomic mass is 9.81. The Balaban J connectivity index is 1.80. The highest BCUT2D eigenvalue weighted by Crippen LogP contribution is 2.30. The first kappa shape index (κ1) is 15.7. The lowest BCUT2D eigenvalue weighted by Crippen LogP contribution is -2.42. The molecule has 1 saturated heterocycles. The van der Waals surface area contributed by atoms with E-state index in [1.807, 2.05) is 37.3 Å². The molecule has 5 heteroatoms. The molecule has 0 radical (unpaired) electrons. The van der Waals surface area contributed by atoms with Crippen molar-refractivity contribution in [2.45, 2.75) is 26.3 Å². The van der Waals surface area contributed by atoms with Gasteiger partial charge in [-0.05, 0) is 24.5 Å². The Morgan fingerprint density at radius 3 is 2.83 bits per heavy atom. The number of nitrogens with zero attached hydrogens (tertiary/aromatic N) is 1. The first-order valence-electron chi connectivity index (χ1n) is 7.91. The number of amides is 1. The van der Waals surface area contributed by atoms with Crippen molar-refractivity contribution in [3.8, 4) is 5.88 Å². The number of benzene rings is 1. The number of nitrogens with one attached hydrogen (secondary N) is 1. The molecule has 0 spiro atoms. The van der Waals surface area contributed by atoms with Gasteiger partial charge >= 0.3 is 0 Å². The van der Waals surface area contributed by atoms with Gasteiger partial charge in [0.05, 0.1) is 18.0 Å². The molecule has 1 N–H and O–H groups in total. The van der Waals surface area contributed by atoms with Crippen molar-refractivity contribution < 1.29 is 14.3 Å². The number of pyridine rings is 1. The number of carbonyl (C=O) groups is 1. The van der Waals surface area contributed by atoms with Crippen molar-refractivity contribution in [2.24, 2.45) is 5.41 Å². The zero-order valence-corrected chi connectivity index (χ0v) is 13.6. The number of carbonyl (C=O) groups excluding carboxylic acids is 1. The number of methoxy groups -OCH3 is 1. The summed E-state index contributed by atoms with van der Waals surface area (Å²) in [6.45, 7) is 3.77. The first-order chi connectivity index (χ1) is 11.1. The molecule has 2 aromatic rings. The summed E-state index contributed by atoms with van der Waals surface area (Å²) in [5.74, 6) is 0.644. The number of fused-ring (bicyclic) bond motifs is 1. The highest BCUT2D eigenvalue weighted by atomic mass is 16.5. The fraction of sp³-hybridized carbons (Fsp3) is 0.444. The Kier molecular flexibility index (Phi) is 4.48. The maximum absolute atomic E-state index is 12.6. The van der Waals surface area contributed by atoms with Crippen molar-refractivity contribution in [1.29, 1.82) is 0 Å². The molecule has 3 rings (SSSR count). The minimum atomic E-state index is -0.342. The van der Waals surface area contributed by atoms with Crippen LogP contribution in [-0.2, 0) is 16.1 Å². The normalized spacial score (nSPS) is 17.0. The van der Waals surface area contributed by atoms with E-state index in [9.17, 15) is 4.79 Å². The van der Waals surface area contributed by atoms with E-state index in [1.165, 1.54) is 0 Å². The predicted molar refractivity (Wildman–Crippen MR) is 88.3 cm³/mol. The molecule has 1 aromatic heterocycles. The molecule has 1 aliphatic rings. The van der Waals surface area contributed by atoms with Crippen LogP contribution in [0.3, 0.4) is 0 Å². The van der Waals surface area contributed by atoms with Gasteiger partial charge in [0, 0.05) is 31.2 Å². The van der Waals surface area contributed by atoms with Crippen molar-refractivity contribution in [2.75, 3.05) is 20.3 Å². The van der Waals surface area contributed by atoms with Crippen LogP contribution in [0.2, 0.25) is 0 Å². The molecule has 122 valence electrons. The van der Waals surface area contributed by atoms with Gasteiger partial charge in [0.15, 0.2) is 0 Å². The SMILES string of the molecule is COc1cc(CNC(=O)C2(C)CCOCC2)c2ccccc2n1. The average molecular weight is 314 g/mol. The van der Waals surface area contributed by atoms with Gasteiger partial charge in [0.1, 0.15) is 0 Å². The largest absolute Gasteiger partial charge is 0.481 e. The number of ether oxygens (including phenoxy) is 2. The average Bonchev–Trinajstić information content (AvgIpc) is 2.59. The Hall–Kier alpha value is -2.14. The van der Waals surface area contributed by atoms with Crippen LogP contribution >= 0.6 is 0 Å². The van der Waals surface area contributed by atoms with Gasteiger partial charge in [-0.25, -0.2) is 4.98 Å². The molecule has 0 bridgehead atoms. The summed E-state index contributed by atoms with van der Waals surface area (Å²) < 4.78 is 10.6. The summed E-state index contributed by atoms with van der Waals surface area (Å²) in [5.41, 5.74) is 1.54. The number of hydrogen-bond donors (Lipinski definition) is 1. The molecule has 1 aliphatic heterocycles. The third-order valence-corrected chi connectivity index (χ3v) is 4.57. The van der Waals surface area contributed by atoms with Gasteiger partial charge in [-0.15, -0.1) is 0 Å². The van der Waals surface area contributed by atoms with E-state index in [0.29, 0.717) is 25.6 Å². The summed E-state index contributed by atoms with van der Waals surface area (Å²) in [4.78, 5) is 17.0. The van der Waals surface area contributed by atoms with Gasteiger partial charge in [-0.1, -0.05) is 25.1 Å². The van der Waals surface area contributed by atoms with Crippen LogP contribution in [0.1, 0.15) is 25.3 Å². The zero-order chi connectivity index (χ0) is 16.3. The molecular formula is C18H22N2O3. The van der Waals surface area contributed by atoms with Crippen LogP contribution in [0.15, 0.2) is 30.3 Å². The van der Waals surface area contributed by atoms with Gasteiger partial charge in [0.2, 0.25) is 11.8 Å². The molecule has 1 fully saturated rings. The third kappa shape index (κ3) is 3.29. The van der Waals surface area contributed by atoms with E-state index in [2.05, 4.69) is 10.3 Å². The van der Waals surface area contributed by atoms with E-state index >= 15 is 0 Å². The lowest BCUT2D eigenvalue weighted by molar-refractivity contribution is -0.135. The molecule has 0 unspecified atom stereocenters. The first-order valence-corrected chi connectivity index (χ1v) is 7.91. The van der Waals surface area contributed by atoms with Gasteiger partial charge in [0.25, 0.3) is 0 Å². The standard InChI is InChI=1S/C18H22N2O3/c1-18(7-9-23-10-8-18)17(21)19-12-13-11-16(22-2)20-15-6-4-3-5-14(13)15/h3-6,11H,7-10,12H2,1-2H3,(H,19,21). The van der Waals surface area contributed by atoms with E-state index in [4.69, 9.17) is 9.47 Å². The maximum Gasteiger partial charge on any atom is 0.226 e. The smallest absolute Gasteiger partial charge is 0.226 e. The molecule has 0 atom stereocenters. The Morgan fingerprint density at radius 2 is 2.09 bits per heavy atom. The van der Waals surface area contributed by atoms with Crippen LogP contribution in [0.5, 0.6) is 5.88 Å². The number of hydrogen-bond acceptors (Lipinski definition) is 4. The molecular weight excluding hydrogens is 292 g/mol. The Bertz CT molecular complexity index is 708. The fourth-order valence-electron chi connectivity index (χ4n) is 2.91. The van der Waals surface area contributed by atoms with E-state index < -0.39 is 0 Å². The van der Waals surface area contributed by atoms with Crippen molar-refractivity contribution >= 4 is 16.8 Å². The number of aromatic nitrogens is 1. The number of rotatable bonds is 4. The minimum Gasteiger partial charge on any atom is -0.481 e. The van der Waals surface area contributed by atoms with Crippen molar-refractivity contribution in [3.05, 3.63) is 35.9 Å². The van der Waals surface area contributed by atoms with Crippen LogP contribution in [0, 0.1) is 5.41 Å². The second kappa shape index (κ2) is 6.54. The summed E-state index contributed by atoms with van der Waals surface area (Å²) in [6, 6.07) is 9.76. The monoisotopic (exact) mass is 314 g/mol. The van der Waals surface area contributed by atoms with Crippen LogP contribution in [-0.4, -0.2) is 31.2 Å². The molecule has 0 saturated carbocycles. The van der Waals surface area contributed by atoms with Gasteiger partial charge in [-0.2, -0.15) is 0 Å². The summed E-state index contributed by atoms with van der Waals surface area (Å²) in [5, 5.41) is 4.11. The van der Waals surface area contributed by atoms with Crippen LogP contribution in [0.4, 0.5) is 0 Å². The van der Waals surface area contributed by atoms with Gasteiger partial charge < -0.3 is 14.8 Å².